The standard InChI is InChI=1S/C24H25ClN6O2S/c1-3-19-16(2)13-20(34-19)23-28-27-21(33-23)15-29-9-11-30(12-10-29)18-14-26-31(24(32)22(18)25)17-7-5-4-6-8-17/h4-8,13-14H,3,9-12,15H2,1-2H3. The van der Waals surface area contributed by atoms with Crippen LogP contribution in [0.1, 0.15) is 23.3 Å². The van der Waals surface area contributed by atoms with E-state index in [1.807, 2.05) is 30.3 Å². The van der Waals surface area contributed by atoms with Gasteiger partial charge in [-0.1, -0.05) is 36.7 Å². The van der Waals surface area contributed by atoms with Crippen molar-refractivity contribution in [2.75, 3.05) is 31.1 Å². The van der Waals surface area contributed by atoms with Gasteiger partial charge in [-0.25, -0.2) is 0 Å². The minimum absolute atomic E-state index is 0.187. The first-order chi connectivity index (χ1) is 16.5. The highest BCUT2D eigenvalue weighted by Crippen LogP contribution is 2.31. The first-order valence-electron chi connectivity index (χ1n) is 11.3. The molecule has 0 unspecified atom stereocenters. The smallest absolute Gasteiger partial charge is 0.292 e. The van der Waals surface area contributed by atoms with E-state index in [4.69, 9.17) is 16.0 Å². The third-order valence-electron chi connectivity index (χ3n) is 5.99. The molecule has 176 valence electrons. The molecule has 0 atom stereocenters. The van der Waals surface area contributed by atoms with E-state index in [9.17, 15) is 4.79 Å². The summed E-state index contributed by atoms with van der Waals surface area (Å²) in [6, 6.07) is 11.4. The van der Waals surface area contributed by atoms with E-state index < -0.39 is 0 Å². The third kappa shape index (κ3) is 4.51. The highest BCUT2D eigenvalue weighted by atomic mass is 35.5. The quantitative estimate of drug-likeness (QED) is 0.396. The first kappa shape index (κ1) is 22.8. The van der Waals surface area contributed by atoms with Gasteiger partial charge in [0.1, 0.15) is 5.02 Å². The third-order valence-corrected chi connectivity index (χ3v) is 7.72. The zero-order valence-electron chi connectivity index (χ0n) is 19.1. The van der Waals surface area contributed by atoms with E-state index in [1.165, 1.54) is 15.1 Å². The van der Waals surface area contributed by atoms with Crippen LogP contribution in [0.25, 0.3) is 16.5 Å². The molecule has 5 rings (SSSR count). The lowest BCUT2D eigenvalue weighted by Crippen LogP contribution is -2.46. The number of aromatic nitrogens is 4. The molecule has 1 aromatic carbocycles. The normalized spacial score (nSPS) is 14.6. The van der Waals surface area contributed by atoms with Crippen LogP contribution in [0, 0.1) is 6.92 Å². The molecule has 1 saturated heterocycles. The highest BCUT2D eigenvalue weighted by molar-refractivity contribution is 7.15. The van der Waals surface area contributed by atoms with Gasteiger partial charge in [0.2, 0.25) is 5.89 Å². The van der Waals surface area contributed by atoms with E-state index in [1.54, 1.807) is 17.5 Å². The summed E-state index contributed by atoms with van der Waals surface area (Å²) in [6.07, 6.45) is 2.67. The Bertz CT molecular complexity index is 1340. The average molecular weight is 497 g/mol. The van der Waals surface area contributed by atoms with E-state index in [0.717, 1.165) is 37.5 Å². The van der Waals surface area contributed by atoms with Crippen molar-refractivity contribution in [3.05, 3.63) is 74.3 Å². The van der Waals surface area contributed by atoms with Crippen LogP contribution in [-0.2, 0) is 13.0 Å². The molecular formula is C24H25ClN6O2S. The Kier molecular flexibility index (Phi) is 6.49. The molecule has 3 aromatic heterocycles. The van der Waals surface area contributed by atoms with Gasteiger partial charge >= 0.3 is 0 Å². The van der Waals surface area contributed by atoms with Gasteiger partial charge in [-0.15, -0.1) is 21.5 Å². The second kappa shape index (κ2) is 9.69. The van der Waals surface area contributed by atoms with Crippen LogP contribution in [0.4, 0.5) is 5.69 Å². The Hall–Kier alpha value is -3.01. The number of hydrogen-bond acceptors (Lipinski definition) is 8. The maximum absolute atomic E-state index is 12.8. The summed E-state index contributed by atoms with van der Waals surface area (Å²) in [5.74, 6) is 1.19. The number of piperazine rings is 1. The van der Waals surface area contributed by atoms with Crippen molar-refractivity contribution < 1.29 is 4.42 Å². The molecule has 0 aliphatic carbocycles. The molecule has 1 fully saturated rings. The second-order valence-corrected chi connectivity index (χ2v) is 9.75. The van der Waals surface area contributed by atoms with Crippen molar-refractivity contribution in [3.8, 4) is 16.5 Å². The summed E-state index contributed by atoms with van der Waals surface area (Å²) in [4.78, 5) is 19.5. The monoisotopic (exact) mass is 496 g/mol. The maximum atomic E-state index is 12.8. The molecule has 0 radical (unpaired) electrons. The molecule has 4 heterocycles. The average Bonchev–Trinajstić information content (AvgIpc) is 3.48. The number of para-hydroxylation sites is 1. The summed E-state index contributed by atoms with van der Waals surface area (Å²) < 4.78 is 7.27. The van der Waals surface area contributed by atoms with Crippen molar-refractivity contribution >= 4 is 28.6 Å². The Labute approximate surface area is 206 Å². The predicted molar refractivity (Wildman–Crippen MR) is 134 cm³/mol. The molecular weight excluding hydrogens is 472 g/mol. The summed E-state index contributed by atoms with van der Waals surface area (Å²) in [5.41, 5.74) is 2.30. The van der Waals surface area contributed by atoms with Gasteiger partial charge < -0.3 is 9.32 Å². The molecule has 0 saturated carbocycles. The first-order valence-corrected chi connectivity index (χ1v) is 12.5. The predicted octanol–water partition coefficient (Wildman–Crippen LogP) is 4.19. The molecule has 8 nitrogen and oxygen atoms in total. The minimum atomic E-state index is -0.318. The van der Waals surface area contributed by atoms with Crippen molar-refractivity contribution in [1.29, 1.82) is 0 Å². The molecule has 34 heavy (non-hydrogen) atoms. The van der Waals surface area contributed by atoms with Crippen LogP contribution in [0.3, 0.4) is 0 Å². The molecule has 1 aliphatic rings. The summed E-state index contributed by atoms with van der Waals surface area (Å²) in [6.45, 7) is 7.87. The van der Waals surface area contributed by atoms with Gasteiger partial charge in [-0.05, 0) is 37.1 Å². The zero-order valence-corrected chi connectivity index (χ0v) is 20.6. The number of anilines is 1. The van der Waals surface area contributed by atoms with Crippen molar-refractivity contribution in [2.24, 2.45) is 0 Å². The second-order valence-electron chi connectivity index (χ2n) is 8.23. The van der Waals surface area contributed by atoms with Crippen molar-refractivity contribution in [2.45, 2.75) is 26.8 Å². The molecule has 4 aromatic rings. The summed E-state index contributed by atoms with van der Waals surface area (Å²) >= 11 is 8.18. The fourth-order valence-corrected chi connectivity index (χ4v) is 5.41. The zero-order chi connectivity index (χ0) is 23.7. The number of aryl methyl sites for hydroxylation is 2. The van der Waals surface area contributed by atoms with Gasteiger partial charge in [-0.2, -0.15) is 9.78 Å². The van der Waals surface area contributed by atoms with Gasteiger partial charge in [0.15, 0.2) is 0 Å². The lowest BCUT2D eigenvalue weighted by atomic mass is 10.2. The Morgan fingerprint density at radius 3 is 2.59 bits per heavy atom. The minimum Gasteiger partial charge on any atom is -0.419 e. The van der Waals surface area contributed by atoms with Crippen molar-refractivity contribution in [3.63, 3.8) is 0 Å². The highest BCUT2D eigenvalue weighted by Gasteiger charge is 2.23. The van der Waals surface area contributed by atoms with Crippen LogP contribution in [0.2, 0.25) is 5.02 Å². The molecule has 0 amide bonds. The number of halogens is 1. The maximum Gasteiger partial charge on any atom is 0.292 e. The lowest BCUT2D eigenvalue weighted by Gasteiger charge is -2.35. The van der Waals surface area contributed by atoms with E-state index in [-0.39, 0.29) is 10.6 Å². The van der Waals surface area contributed by atoms with Crippen LogP contribution >= 0.6 is 22.9 Å². The molecule has 0 spiro atoms. The molecule has 0 N–H and O–H groups in total. The van der Waals surface area contributed by atoms with E-state index in [0.29, 0.717) is 29.7 Å². The van der Waals surface area contributed by atoms with Gasteiger partial charge in [0.25, 0.3) is 11.4 Å². The number of nitrogens with zero attached hydrogens (tertiary/aromatic N) is 6. The number of rotatable bonds is 6. The van der Waals surface area contributed by atoms with E-state index >= 15 is 0 Å². The van der Waals surface area contributed by atoms with Crippen LogP contribution in [0.5, 0.6) is 0 Å². The number of thiophene rings is 1. The summed E-state index contributed by atoms with van der Waals surface area (Å²) in [7, 11) is 0. The van der Waals surface area contributed by atoms with Gasteiger partial charge in [0.05, 0.1) is 29.0 Å². The Balaban J connectivity index is 1.23. The van der Waals surface area contributed by atoms with Crippen LogP contribution < -0.4 is 10.5 Å². The fraction of sp³-hybridized carbons (Fsp3) is 0.333. The lowest BCUT2D eigenvalue weighted by molar-refractivity contribution is 0.227. The molecule has 0 bridgehead atoms. The van der Waals surface area contributed by atoms with E-state index in [2.05, 4.69) is 45.0 Å². The SMILES string of the molecule is CCc1sc(-c2nnc(CN3CCN(c4cnn(-c5ccccc5)c(=O)c4Cl)CC3)o2)cc1C. The van der Waals surface area contributed by atoms with Crippen LogP contribution in [0.15, 0.2) is 51.8 Å². The van der Waals surface area contributed by atoms with Gasteiger partial charge in [-0.3, -0.25) is 9.69 Å². The molecule has 10 heteroatoms. The van der Waals surface area contributed by atoms with Gasteiger partial charge in [0, 0.05) is 31.1 Å². The van der Waals surface area contributed by atoms with Crippen LogP contribution in [-0.4, -0.2) is 51.1 Å². The Morgan fingerprint density at radius 1 is 1.12 bits per heavy atom. The largest absolute Gasteiger partial charge is 0.419 e. The topological polar surface area (TPSA) is 80.3 Å². The fourth-order valence-electron chi connectivity index (χ4n) is 4.13. The van der Waals surface area contributed by atoms with Crippen molar-refractivity contribution in [1.82, 2.24) is 24.9 Å². The number of benzene rings is 1. The summed E-state index contributed by atoms with van der Waals surface area (Å²) in [5, 5.41) is 13.0. The number of hydrogen-bond donors (Lipinski definition) is 0. The Morgan fingerprint density at radius 2 is 1.88 bits per heavy atom. The molecule has 1 aliphatic heterocycles.